The fraction of sp³-hybridized carbons (Fsp3) is 0.471. The molecule has 20 heavy (non-hydrogen) atoms. The number of rotatable bonds is 3. The SMILES string of the molecule is Clc1cc(C2CCCCCC2)ccc1Cn1ccnc1. The first-order valence-electron chi connectivity index (χ1n) is 7.57. The van der Waals surface area contributed by atoms with Crippen LogP contribution in [0.25, 0.3) is 0 Å². The normalized spacial score (nSPS) is 17.1. The summed E-state index contributed by atoms with van der Waals surface area (Å²) in [6.07, 6.45) is 13.7. The lowest BCUT2D eigenvalue weighted by atomic mass is 9.91. The second-order valence-corrected chi connectivity index (χ2v) is 6.18. The van der Waals surface area contributed by atoms with Crippen molar-refractivity contribution in [2.24, 2.45) is 0 Å². The molecule has 1 aliphatic rings. The minimum absolute atomic E-state index is 0.706. The molecule has 0 bridgehead atoms. The van der Waals surface area contributed by atoms with Gasteiger partial charge in [0.25, 0.3) is 0 Å². The minimum atomic E-state index is 0.706. The predicted octanol–water partition coefficient (Wildman–Crippen LogP) is 5.02. The monoisotopic (exact) mass is 288 g/mol. The molecule has 2 aromatic rings. The van der Waals surface area contributed by atoms with Crippen molar-refractivity contribution in [1.29, 1.82) is 0 Å². The van der Waals surface area contributed by atoms with Gasteiger partial charge in [-0.3, -0.25) is 0 Å². The molecule has 0 N–H and O–H groups in total. The third-order valence-corrected chi connectivity index (χ3v) is 4.67. The van der Waals surface area contributed by atoms with Gasteiger partial charge < -0.3 is 4.57 Å². The van der Waals surface area contributed by atoms with Gasteiger partial charge in [0.1, 0.15) is 0 Å². The molecule has 3 heteroatoms. The van der Waals surface area contributed by atoms with E-state index in [4.69, 9.17) is 11.6 Å². The third-order valence-electron chi connectivity index (χ3n) is 4.32. The number of hydrogen-bond acceptors (Lipinski definition) is 1. The van der Waals surface area contributed by atoms with Gasteiger partial charge in [0.15, 0.2) is 0 Å². The van der Waals surface area contributed by atoms with E-state index >= 15 is 0 Å². The summed E-state index contributed by atoms with van der Waals surface area (Å²) in [5.41, 5.74) is 2.59. The Bertz CT molecular complexity index is 540. The van der Waals surface area contributed by atoms with E-state index in [0.29, 0.717) is 5.92 Å². The predicted molar refractivity (Wildman–Crippen MR) is 83.2 cm³/mol. The molecule has 0 atom stereocenters. The third kappa shape index (κ3) is 3.24. The van der Waals surface area contributed by atoms with Crippen molar-refractivity contribution in [3.63, 3.8) is 0 Å². The number of halogens is 1. The van der Waals surface area contributed by atoms with Crippen molar-refractivity contribution in [2.45, 2.75) is 51.0 Å². The highest BCUT2D eigenvalue weighted by Crippen LogP contribution is 2.33. The zero-order chi connectivity index (χ0) is 13.8. The van der Waals surface area contributed by atoms with E-state index in [1.807, 2.05) is 17.1 Å². The van der Waals surface area contributed by atoms with Crippen LogP contribution in [0.5, 0.6) is 0 Å². The van der Waals surface area contributed by atoms with Gasteiger partial charge in [-0.05, 0) is 36.0 Å². The zero-order valence-electron chi connectivity index (χ0n) is 11.8. The Hall–Kier alpha value is -1.28. The first kappa shape index (κ1) is 13.7. The van der Waals surface area contributed by atoms with E-state index in [0.717, 1.165) is 11.6 Å². The molecule has 0 unspecified atom stereocenters. The van der Waals surface area contributed by atoms with Crippen LogP contribution in [0.3, 0.4) is 0 Å². The van der Waals surface area contributed by atoms with Crippen molar-refractivity contribution in [1.82, 2.24) is 9.55 Å². The highest BCUT2D eigenvalue weighted by atomic mass is 35.5. The largest absolute Gasteiger partial charge is 0.333 e. The van der Waals surface area contributed by atoms with Crippen LogP contribution in [0.1, 0.15) is 55.6 Å². The lowest BCUT2D eigenvalue weighted by molar-refractivity contribution is 0.592. The number of imidazole rings is 1. The minimum Gasteiger partial charge on any atom is -0.333 e. The van der Waals surface area contributed by atoms with E-state index in [1.165, 1.54) is 49.7 Å². The van der Waals surface area contributed by atoms with Gasteiger partial charge in [-0.25, -0.2) is 4.98 Å². The summed E-state index contributed by atoms with van der Waals surface area (Å²) in [5, 5.41) is 0.889. The maximum atomic E-state index is 6.47. The molecule has 0 amide bonds. The topological polar surface area (TPSA) is 17.8 Å². The van der Waals surface area contributed by atoms with E-state index in [-0.39, 0.29) is 0 Å². The van der Waals surface area contributed by atoms with Gasteiger partial charge in [-0.1, -0.05) is 49.4 Å². The van der Waals surface area contributed by atoms with Crippen LogP contribution in [0, 0.1) is 0 Å². The second kappa shape index (κ2) is 6.45. The highest BCUT2D eigenvalue weighted by molar-refractivity contribution is 6.31. The molecule has 1 aliphatic carbocycles. The molecule has 2 nitrogen and oxygen atoms in total. The van der Waals surface area contributed by atoms with Crippen LogP contribution in [0.4, 0.5) is 0 Å². The Morgan fingerprint density at radius 3 is 2.60 bits per heavy atom. The van der Waals surface area contributed by atoms with Crippen LogP contribution in [-0.4, -0.2) is 9.55 Å². The first-order chi connectivity index (χ1) is 9.83. The molecule has 106 valence electrons. The van der Waals surface area contributed by atoms with Gasteiger partial charge in [-0.2, -0.15) is 0 Å². The summed E-state index contributed by atoms with van der Waals surface area (Å²) in [5.74, 6) is 0.706. The van der Waals surface area contributed by atoms with Gasteiger partial charge in [0.05, 0.1) is 6.33 Å². The molecule has 1 aromatic carbocycles. The molecular weight excluding hydrogens is 268 g/mol. The molecule has 1 saturated carbocycles. The maximum absolute atomic E-state index is 6.47. The zero-order valence-corrected chi connectivity index (χ0v) is 12.5. The van der Waals surface area contributed by atoms with Gasteiger partial charge >= 0.3 is 0 Å². The maximum Gasteiger partial charge on any atom is 0.0949 e. The van der Waals surface area contributed by atoms with Crippen LogP contribution < -0.4 is 0 Å². The van der Waals surface area contributed by atoms with Gasteiger partial charge in [-0.15, -0.1) is 0 Å². The molecule has 0 radical (unpaired) electrons. The van der Waals surface area contributed by atoms with Crippen LogP contribution in [0.2, 0.25) is 5.02 Å². The quantitative estimate of drug-likeness (QED) is 0.725. The second-order valence-electron chi connectivity index (χ2n) is 5.77. The summed E-state index contributed by atoms with van der Waals surface area (Å²) < 4.78 is 2.05. The molecule has 3 rings (SSSR count). The van der Waals surface area contributed by atoms with E-state index in [9.17, 15) is 0 Å². The van der Waals surface area contributed by atoms with Crippen molar-refractivity contribution in [3.8, 4) is 0 Å². The average Bonchev–Trinajstić information content (AvgIpc) is 2.81. The fourth-order valence-electron chi connectivity index (χ4n) is 3.14. The van der Waals surface area contributed by atoms with Crippen LogP contribution in [-0.2, 0) is 6.54 Å². The molecule has 1 aromatic heterocycles. The van der Waals surface area contributed by atoms with Crippen molar-refractivity contribution >= 4 is 11.6 Å². The van der Waals surface area contributed by atoms with Crippen LogP contribution >= 0.6 is 11.6 Å². The molecule has 1 fully saturated rings. The smallest absolute Gasteiger partial charge is 0.0949 e. The van der Waals surface area contributed by atoms with E-state index in [2.05, 4.69) is 23.2 Å². The van der Waals surface area contributed by atoms with Gasteiger partial charge in [0.2, 0.25) is 0 Å². The molecule has 0 saturated heterocycles. The Kier molecular flexibility index (Phi) is 4.41. The molecule has 0 spiro atoms. The summed E-state index contributed by atoms with van der Waals surface area (Å²) in [7, 11) is 0. The van der Waals surface area contributed by atoms with Crippen molar-refractivity contribution in [2.75, 3.05) is 0 Å². The number of hydrogen-bond donors (Lipinski definition) is 0. The average molecular weight is 289 g/mol. The Balaban J connectivity index is 1.76. The van der Waals surface area contributed by atoms with Crippen molar-refractivity contribution < 1.29 is 0 Å². The Morgan fingerprint density at radius 1 is 1.15 bits per heavy atom. The highest BCUT2D eigenvalue weighted by Gasteiger charge is 2.15. The summed E-state index contributed by atoms with van der Waals surface area (Å²) in [6, 6.07) is 6.64. The van der Waals surface area contributed by atoms with Crippen molar-refractivity contribution in [3.05, 3.63) is 53.1 Å². The number of nitrogens with zero attached hydrogens (tertiary/aromatic N) is 2. The van der Waals surface area contributed by atoms with Crippen LogP contribution in [0.15, 0.2) is 36.9 Å². The molecular formula is C17H21ClN2. The molecule has 1 heterocycles. The fourth-order valence-corrected chi connectivity index (χ4v) is 3.38. The number of aromatic nitrogens is 2. The lowest BCUT2D eigenvalue weighted by Gasteiger charge is -2.16. The van der Waals surface area contributed by atoms with E-state index < -0.39 is 0 Å². The number of benzene rings is 1. The molecule has 0 aliphatic heterocycles. The van der Waals surface area contributed by atoms with E-state index in [1.54, 1.807) is 6.20 Å². The Morgan fingerprint density at radius 2 is 1.95 bits per heavy atom. The Labute approximate surface area is 125 Å². The standard InChI is InChI=1S/C17H21ClN2/c18-17-11-15(14-5-3-1-2-4-6-14)7-8-16(17)12-20-10-9-19-13-20/h7-11,13-14H,1-6,12H2. The summed E-state index contributed by atoms with van der Waals surface area (Å²) >= 11 is 6.47. The summed E-state index contributed by atoms with van der Waals surface area (Å²) in [4.78, 5) is 4.07. The van der Waals surface area contributed by atoms with Gasteiger partial charge in [0, 0.05) is 24.0 Å². The lowest BCUT2D eigenvalue weighted by Crippen LogP contribution is -2.01. The summed E-state index contributed by atoms with van der Waals surface area (Å²) in [6.45, 7) is 0.795. The first-order valence-corrected chi connectivity index (χ1v) is 7.95.